The van der Waals surface area contributed by atoms with Gasteiger partial charge in [-0.3, -0.25) is 4.79 Å². The summed E-state index contributed by atoms with van der Waals surface area (Å²) in [5, 5.41) is 2.96. The number of nitrogens with one attached hydrogen (secondary N) is 2. The molecule has 0 radical (unpaired) electrons. The molecule has 4 nitrogen and oxygen atoms in total. The first-order valence-electron chi connectivity index (χ1n) is 8.04. The van der Waals surface area contributed by atoms with Crippen LogP contribution in [0.15, 0.2) is 42.5 Å². The van der Waals surface area contributed by atoms with E-state index in [1.807, 2.05) is 30.3 Å². The minimum absolute atomic E-state index is 0.111. The quantitative estimate of drug-likeness (QED) is 0.756. The first-order chi connectivity index (χ1) is 11.2. The third-order valence-electron chi connectivity index (χ3n) is 4.25. The van der Waals surface area contributed by atoms with Crippen LogP contribution in [-0.2, 0) is 4.79 Å². The van der Waals surface area contributed by atoms with Crippen LogP contribution in [0.2, 0.25) is 0 Å². The first-order valence-corrected chi connectivity index (χ1v) is 8.04. The summed E-state index contributed by atoms with van der Waals surface area (Å²) in [6.45, 7) is 2.07. The van der Waals surface area contributed by atoms with E-state index in [9.17, 15) is 4.79 Å². The number of fused-ring (bicyclic) bond motifs is 1. The summed E-state index contributed by atoms with van der Waals surface area (Å²) in [5.74, 6) is 1.56. The van der Waals surface area contributed by atoms with E-state index >= 15 is 0 Å². The van der Waals surface area contributed by atoms with Gasteiger partial charge >= 0.3 is 0 Å². The lowest BCUT2D eigenvalue weighted by Gasteiger charge is -2.05. The zero-order chi connectivity index (χ0) is 15.8. The number of aryl methyl sites for hydroxylation is 1. The molecule has 0 atom stereocenters. The maximum atomic E-state index is 11.8. The normalized spacial score (nSPS) is 14.1. The van der Waals surface area contributed by atoms with Gasteiger partial charge in [0.1, 0.15) is 5.82 Å². The fourth-order valence-corrected chi connectivity index (χ4v) is 2.77. The second-order valence-corrected chi connectivity index (χ2v) is 6.38. The molecule has 116 valence electrons. The van der Waals surface area contributed by atoms with Crippen LogP contribution in [0.25, 0.3) is 22.4 Å². The molecular weight excluding hydrogens is 286 g/mol. The number of nitrogens with zero attached hydrogens (tertiary/aromatic N) is 1. The lowest BCUT2D eigenvalue weighted by atomic mass is 10.2. The summed E-state index contributed by atoms with van der Waals surface area (Å²) in [4.78, 5) is 19.8. The van der Waals surface area contributed by atoms with Crippen LogP contribution < -0.4 is 5.32 Å². The van der Waals surface area contributed by atoms with E-state index in [0.717, 1.165) is 28.1 Å². The highest BCUT2D eigenvalue weighted by Crippen LogP contribution is 2.32. The number of amides is 1. The van der Waals surface area contributed by atoms with Crippen LogP contribution in [0.4, 0.5) is 5.69 Å². The van der Waals surface area contributed by atoms with Gasteiger partial charge in [0, 0.05) is 17.7 Å². The minimum atomic E-state index is 0.111. The molecule has 1 aliphatic rings. The smallest absolute Gasteiger partial charge is 0.224 e. The molecule has 4 rings (SSSR count). The lowest BCUT2D eigenvalue weighted by Crippen LogP contribution is -2.11. The molecule has 1 aromatic heterocycles. The van der Waals surface area contributed by atoms with Crippen LogP contribution >= 0.6 is 0 Å². The Balaban J connectivity index is 1.52. The number of anilines is 1. The topological polar surface area (TPSA) is 57.8 Å². The van der Waals surface area contributed by atoms with E-state index in [-0.39, 0.29) is 5.91 Å². The van der Waals surface area contributed by atoms with Crippen LogP contribution in [0.5, 0.6) is 0 Å². The van der Waals surface area contributed by atoms with Crippen molar-refractivity contribution in [2.24, 2.45) is 5.92 Å². The number of benzene rings is 2. The van der Waals surface area contributed by atoms with Crippen LogP contribution in [-0.4, -0.2) is 15.9 Å². The Labute approximate surface area is 134 Å². The monoisotopic (exact) mass is 305 g/mol. The molecular formula is C19H19N3O. The number of aromatic amines is 1. The van der Waals surface area contributed by atoms with Gasteiger partial charge in [-0.1, -0.05) is 6.07 Å². The Morgan fingerprint density at radius 3 is 2.74 bits per heavy atom. The molecule has 0 spiro atoms. The number of imidazole rings is 1. The van der Waals surface area contributed by atoms with Crippen molar-refractivity contribution in [2.45, 2.75) is 26.2 Å². The first kappa shape index (κ1) is 14.0. The van der Waals surface area contributed by atoms with E-state index in [0.29, 0.717) is 12.3 Å². The van der Waals surface area contributed by atoms with Crippen molar-refractivity contribution in [2.75, 3.05) is 5.32 Å². The van der Waals surface area contributed by atoms with Crippen molar-refractivity contribution in [3.63, 3.8) is 0 Å². The number of rotatable bonds is 4. The minimum Gasteiger partial charge on any atom is -0.338 e. The molecule has 4 heteroatoms. The van der Waals surface area contributed by atoms with Crippen LogP contribution in [0.3, 0.4) is 0 Å². The van der Waals surface area contributed by atoms with Crippen molar-refractivity contribution in [1.29, 1.82) is 0 Å². The number of carbonyl (C=O) groups excluding carboxylic acids is 1. The molecule has 1 heterocycles. The van der Waals surface area contributed by atoms with Crippen molar-refractivity contribution >= 4 is 22.6 Å². The van der Waals surface area contributed by atoms with Gasteiger partial charge in [-0.25, -0.2) is 4.98 Å². The van der Waals surface area contributed by atoms with Gasteiger partial charge in [0.15, 0.2) is 0 Å². The maximum absolute atomic E-state index is 11.8. The number of H-pyrrole nitrogens is 1. The fraction of sp³-hybridized carbons (Fsp3) is 0.263. The van der Waals surface area contributed by atoms with E-state index in [4.69, 9.17) is 0 Å². The Hall–Kier alpha value is -2.62. The predicted octanol–water partition coefficient (Wildman–Crippen LogP) is 4.28. The predicted molar refractivity (Wildman–Crippen MR) is 92.2 cm³/mol. The van der Waals surface area contributed by atoms with Crippen molar-refractivity contribution in [3.8, 4) is 11.4 Å². The van der Waals surface area contributed by atoms with Gasteiger partial charge in [0.25, 0.3) is 0 Å². The Kier molecular flexibility index (Phi) is 3.37. The zero-order valence-corrected chi connectivity index (χ0v) is 13.1. The standard InChI is InChI=1S/C19H19N3O/c1-12-2-9-16-17(10-12)22-19(21-16)14-5-7-15(8-6-14)20-18(23)11-13-3-4-13/h2,5-10,13H,3-4,11H2,1H3,(H,20,23)(H,21,22). The number of hydrogen-bond acceptors (Lipinski definition) is 2. The largest absolute Gasteiger partial charge is 0.338 e. The molecule has 0 unspecified atom stereocenters. The molecule has 23 heavy (non-hydrogen) atoms. The molecule has 0 bridgehead atoms. The highest BCUT2D eigenvalue weighted by atomic mass is 16.1. The summed E-state index contributed by atoms with van der Waals surface area (Å²) in [5.41, 5.74) is 5.07. The molecule has 1 saturated carbocycles. The number of aromatic nitrogens is 2. The second-order valence-electron chi connectivity index (χ2n) is 6.38. The van der Waals surface area contributed by atoms with E-state index in [2.05, 4.69) is 34.3 Å². The van der Waals surface area contributed by atoms with Crippen molar-refractivity contribution in [3.05, 3.63) is 48.0 Å². The summed E-state index contributed by atoms with van der Waals surface area (Å²) < 4.78 is 0. The second kappa shape index (κ2) is 5.54. The summed E-state index contributed by atoms with van der Waals surface area (Å²) in [7, 11) is 0. The molecule has 1 aliphatic carbocycles. The maximum Gasteiger partial charge on any atom is 0.224 e. The van der Waals surface area contributed by atoms with Gasteiger partial charge < -0.3 is 10.3 Å². The van der Waals surface area contributed by atoms with E-state index < -0.39 is 0 Å². The fourth-order valence-electron chi connectivity index (χ4n) is 2.77. The molecule has 1 fully saturated rings. The molecule has 1 amide bonds. The lowest BCUT2D eigenvalue weighted by molar-refractivity contribution is -0.116. The van der Waals surface area contributed by atoms with Crippen molar-refractivity contribution in [1.82, 2.24) is 9.97 Å². The van der Waals surface area contributed by atoms with E-state index in [1.54, 1.807) is 0 Å². The Morgan fingerprint density at radius 2 is 2.00 bits per heavy atom. The van der Waals surface area contributed by atoms with Crippen LogP contribution in [0.1, 0.15) is 24.8 Å². The molecule has 0 saturated heterocycles. The summed E-state index contributed by atoms with van der Waals surface area (Å²) in [6.07, 6.45) is 3.03. The molecule has 2 aromatic carbocycles. The molecule has 3 aromatic rings. The third-order valence-corrected chi connectivity index (χ3v) is 4.25. The average molecular weight is 305 g/mol. The highest BCUT2D eigenvalue weighted by molar-refractivity contribution is 5.91. The summed E-state index contributed by atoms with van der Waals surface area (Å²) >= 11 is 0. The Morgan fingerprint density at radius 1 is 1.22 bits per heavy atom. The highest BCUT2D eigenvalue weighted by Gasteiger charge is 2.24. The third kappa shape index (κ3) is 3.11. The van der Waals surface area contributed by atoms with Gasteiger partial charge in [0.05, 0.1) is 11.0 Å². The summed E-state index contributed by atoms with van der Waals surface area (Å²) in [6, 6.07) is 14.0. The average Bonchev–Trinajstić information content (AvgIpc) is 3.24. The van der Waals surface area contributed by atoms with Gasteiger partial charge in [-0.15, -0.1) is 0 Å². The van der Waals surface area contributed by atoms with Gasteiger partial charge in [0.2, 0.25) is 5.91 Å². The SMILES string of the molecule is Cc1ccc2nc(-c3ccc(NC(=O)CC4CC4)cc3)[nH]c2c1. The van der Waals surface area contributed by atoms with Gasteiger partial charge in [-0.2, -0.15) is 0 Å². The van der Waals surface area contributed by atoms with E-state index in [1.165, 1.54) is 18.4 Å². The Bertz CT molecular complexity index is 860. The van der Waals surface area contributed by atoms with Gasteiger partial charge in [-0.05, 0) is 67.6 Å². The van der Waals surface area contributed by atoms with Crippen LogP contribution in [0, 0.1) is 12.8 Å². The zero-order valence-electron chi connectivity index (χ0n) is 13.1. The molecule has 0 aliphatic heterocycles. The number of carbonyl (C=O) groups is 1. The number of hydrogen-bond donors (Lipinski definition) is 2. The van der Waals surface area contributed by atoms with Crippen molar-refractivity contribution < 1.29 is 4.79 Å². The molecule has 2 N–H and O–H groups in total.